The van der Waals surface area contributed by atoms with E-state index in [1.165, 1.54) is 19.3 Å². The SMILES string of the molecule is CCCC1C(C)C(C)C1CC[Si](C)(C)OC12C3(OC)C4(O[Si](C)(C)C)C1(O[Si]C)C1(O[Si]C)C2(O[Si]C)C3(O[Si](C)(C)CCC)C14O[Si](C)(C)CCC. The van der Waals surface area contributed by atoms with Gasteiger partial charge in [0, 0.05) is 7.11 Å². The summed E-state index contributed by atoms with van der Waals surface area (Å²) in [6, 6.07) is 3.14. The van der Waals surface area contributed by atoms with Crippen molar-refractivity contribution in [2.45, 2.75) is 208 Å². The van der Waals surface area contributed by atoms with E-state index in [0.29, 0.717) is 0 Å². The summed E-state index contributed by atoms with van der Waals surface area (Å²) in [6.45, 7) is 39.4. The van der Waals surface area contributed by atoms with Crippen molar-refractivity contribution in [3.63, 3.8) is 0 Å². The summed E-state index contributed by atoms with van der Waals surface area (Å²) >= 11 is 0. The first-order valence-corrected chi connectivity index (χ1v) is 37.9. The van der Waals surface area contributed by atoms with Gasteiger partial charge in [-0.2, -0.15) is 0 Å². The summed E-state index contributed by atoms with van der Waals surface area (Å²) < 4.78 is 61.2. The molecule has 0 aliphatic heterocycles. The fourth-order valence-corrected chi connectivity index (χ4v) is 25.3. The standard InChI is InChI=1S/C38H74O8Si7/c1-19-22-29-27(4)28(5)30(29)23-26-53(17,18)44-35-31(39-6)36(43-50(10,11)12)33(35,41-48-8)32(40-47-7)34(35,42-49-9)37(31,45-51(13,14)24-20-2)38(32,36)46-52(15,16)25-21-3/h27-30H,19-26H2,1-18H3. The molecule has 15 heteroatoms. The zero-order valence-electron chi connectivity index (χ0n) is 36.7. The van der Waals surface area contributed by atoms with Crippen molar-refractivity contribution in [3.05, 3.63) is 0 Å². The second-order valence-electron chi connectivity index (χ2n) is 20.2. The van der Waals surface area contributed by atoms with Crippen LogP contribution in [0, 0.1) is 23.7 Å². The van der Waals surface area contributed by atoms with E-state index in [1.807, 2.05) is 7.11 Å². The lowest BCUT2D eigenvalue weighted by Crippen LogP contribution is -3.53. The van der Waals surface area contributed by atoms with Crippen LogP contribution in [0.5, 0.6) is 0 Å². The van der Waals surface area contributed by atoms with Crippen molar-refractivity contribution >= 4 is 62.6 Å². The van der Waals surface area contributed by atoms with Gasteiger partial charge in [-0.1, -0.05) is 66.7 Å². The van der Waals surface area contributed by atoms with Crippen LogP contribution in [0.4, 0.5) is 0 Å². The first-order valence-electron chi connectivity index (χ1n) is 21.0. The zero-order valence-corrected chi connectivity index (χ0v) is 43.7. The van der Waals surface area contributed by atoms with E-state index in [1.54, 1.807) is 0 Å². The third-order valence-electron chi connectivity index (χ3n) is 14.9. The van der Waals surface area contributed by atoms with Crippen LogP contribution in [0.15, 0.2) is 0 Å². The molecule has 6 radical (unpaired) electrons. The summed E-state index contributed by atoms with van der Waals surface area (Å²) in [7, 11) is -6.90. The van der Waals surface area contributed by atoms with Gasteiger partial charge >= 0.3 is 0 Å². The topological polar surface area (TPSA) is 73.8 Å². The van der Waals surface area contributed by atoms with Crippen LogP contribution in [0.2, 0.25) is 96.7 Å². The second kappa shape index (κ2) is 13.4. The molecule has 0 N–H and O–H groups in total. The van der Waals surface area contributed by atoms with E-state index in [2.05, 4.69) is 113 Å². The van der Waals surface area contributed by atoms with E-state index in [4.69, 9.17) is 35.7 Å². The number of hydrogen-bond acceptors (Lipinski definition) is 8. The molecule has 8 nitrogen and oxygen atoms in total. The molecule has 0 spiro atoms. The Balaban J connectivity index is 1.58. The molecule has 7 fully saturated rings. The van der Waals surface area contributed by atoms with Crippen LogP contribution >= 0.6 is 0 Å². The molecule has 7 aliphatic carbocycles. The summed E-state index contributed by atoms with van der Waals surface area (Å²) in [4.78, 5) is 0. The molecule has 302 valence electrons. The van der Waals surface area contributed by atoms with Gasteiger partial charge in [-0.25, -0.2) is 0 Å². The van der Waals surface area contributed by atoms with E-state index < -0.39 is 78.1 Å². The van der Waals surface area contributed by atoms with Gasteiger partial charge in [-0.3, -0.25) is 0 Å². The molecule has 53 heavy (non-hydrogen) atoms. The monoisotopic (exact) mass is 854 g/mol. The van der Waals surface area contributed by atoms with Gasteiger partial charge in [0.2, 0.25) is 29.3 Å². The lowest BCUT2D eigenvalue weighted by molar-refractivity contribution is -0.840. The predicted molar refractivity (Wildman–Crippen MR) is 227 cm³/mol. The van der Waals surface area contributed by atoms with Gasteiger partial charge < -0.3 is 35.7 Å². The fourth-order valence-electron chi connectivity index (χ4n) is 14.2. The minimum atomic E-state index is -2.42. The van der Waals surface area contributed by atoms with Gasteiger partial charge in [0.05, 0.1) is 0 Å². The Kier molecular flexibility index (Phi) is 11.0. The molecule has 7 saturated carbocycles. The molecular formula is C38H74O8Si7. The molecule has 0 saturated heterocycles. The van der Waals surface area contributed by atoms with Gasteiger partial charge in [0.1, 0.15) is 0 Å². The maximum absolute atomic E-state index is 8.08. The largest absolute Gasteiger partial charge is 0.404 e. The predicted octanol–water partition coefficient (Wildman–Crippen LogP) is 8.71. The Morgan fingerprint density at radius 2 is 0.792 bits per heavy atom. The highest BCUT2D eigenvalue weighted by molar-refractivity contribution is 6.73. The van der Waals surface area contributed by atoms with E-state index >= 15 is 0 Å². The first-order chi connectivity index (χ1) is 24.6. The molecule has 12 atom stereocenters. The van der Waals surface area contributed by atoms with E-state index in [9.17, 15) is 0 Å². The van der Waals surface area contributed by atoms with Crippen LogP contribution in [-0.4, -0.2) is 114 Å². The Labute approximate surface area is 335 Å². The summed E-state index contributed by atoms with van der Waals surface area (Å²) in [5.41, 5.74) is -7.54. The Hall–Kier alpha value is 1.20. The molecule has 0 bridgehead atoms. The van der Waals surface area contributed by atoms with Crippen molar-refractivity contribution in [2.75, 3.05) is 7.11 Å². The smallest absolute Gasteiger partial charge is 0.227 e. The Morgan fingerprint density at radius 1 is 0.453 bits per heavy atom. The molecule has 12 unspecified atom stereocenters. The van der Waals surface area contributed by atoms with Crippen LogP contribution in [0.1, 0.15) is 66.7 Å². The molecule has 0 aromatic carbocycles. The van der Waals surface area contributed by atoms with Crippen LogP contribution in [0.3, 0.4) is 0 Å². The number of ether oxygens (including phenoxy) is 1. The summed E-state index contributed by atoms with van der Waals surface area (Å²) in [5, 5.41) is 0. The number of methoxy groups -OCH3 is 1. The van der Waals surface area contributed by atoms with Gasteiger partial charge in [-0.05, 0) is 120 Å². The maximum atomic E-state index is 8.08. The maximum Gasteiger partial charge on any atom is 0.227 e. The zero-order chi connectivity index (χ0) is 39.7. The van der Waals surface area contributed by atoms with Crippen molar-refractivity contribution in [1.82, 2.24) is 0 Å². The molecule has 7 rings (SSSR count). The highest BCUT2D eigenvalue weighted by atomic mass is 28.4. The minimum Gasteiger partial charge on any atom is -0.404 e. The third kappa shape index (κ3) is 4.25. The summed E-state index contributed by atoms with van der Waals surface area (Å²) in [5.74, 6) is 3.11. The van der Waals surface area contributed by atoms with Crippen LogP contribution in [-0.2, 0) is 35.7 Å². The molecular weight excluding hydrogens is 781 g/mol. The highest BCUT2D eigenvalue weighted by Gasteiger charge is 3.46. The second-order valence-corrected chi connectivity index (χ2v) is 39.2. The van der Waals surface area contributed by atoms with Crippen molar-refractivity contribution < 1.29 is 35.7 Å². The van der Waals surface area contributed by atoms with Crippen molar-refractivity contribution in [3.8, 4) is 0 Å². The van der Waals surface area contributed by atoms with Crippen LogP contribution in [0.25, 0.3) is 0 Å². The number of hydrogen-bond donors (Lipinski definition) is 0. The summed E-state index contributed by atoms with van der Waals surface area (Å²) in [6.07, 6.45) is 5.89. The van der Waals surface area contributed by atoms with E-state index in [0.717, 1.165) is 54.6 Å². The Bertz CT molecular complexity index is 1420. The normalized spacial score (nSPS) is 46.1. The minimum absolute atomic E-state index is 0.197. The third-order valence-corrected chi connectivity index (χ3v) is 24.8. The first kappa shape index (κ1) is 43.8. The quantitative estimate of drug-likeness (QED) is 0.0894. The van der Waals surface area contributed by atoms with Gasteiger partial charge in [0.25, 0.3) is 0 Å². The van der Waals surface area contributed by atoms with Crippen molar-refractivity contribution in [2.24, 2.45) is 23.7 Å². The van der Waals surface area contributed by atoms with Gasteiger partial charge in [0.15, 0.2) is 78.1 Å². The number of rotatable bonds is 24. The molecule has 0 aromatic heterocycles. The van der Waals surface area contributed by atoms with Crippen LogP contribution < -0.4 is 0 Å². The molecule has 0 aromatic rings. The average Bonchev–Trinajstić information content (AvgIpc) is 3.04. The average molecular weight is 856 g/mol. The molecule has 7 aliphatic rings. The fraction of sp³-hybridized carbons (Fsp3) is 1.00. The molecule has 0 amide bonds. The Morgan fingerprint density at radius 3 is 1.15 bits per heavy atom. The lowest BCUT2D eigenvalue weighted by Gasteiger charge is -3.24. The van der Waals surface area contributed by atoms with Gasteiger partial charge in [-0.15, -0.1) is 0 Å². The molecule has 0 heterocycles. The highest BCUT2D eigenvalue weighted by Crippen LogP contribution is 3.16. The lowest BCUT2D eigenvalue weighted by atomic mass is 8.87. The van der Waals surface area contributed by atoms with E-state index in [-0.39, 0.29) is 29.3 Å². The van der Waals surface area contributed by atoms with Crippen molar-refractivity contribution in [1.29, 1.82) is 0 Å².